The molecule has 1 heterocycles. The van der Waals surface area contributed by atoms with Gasteiger partial charge in [-0.25, -0.2) is 4.68 Å². The summed E-state index contributed by atoms with van der Waals surface area (Å²) in [4.78, 5) is 11.6. The Hall–Kier alpha value is -2.02. The third-order valence-electron chi connectivity index (χ3n) is 2.96. The van der Waals surface area contributed by atoms with Gasteiger partial charge >= 0.3 is 0 Å². The first kappa shape index (κ1) is 15.4. The summed E-state index contributed by atoms with van der Waals surface area (Å²) in [7, 11) is 0. The highest BCUT2D eigenvalue weighted by Crippen LogP contribution is 2.23. The molecule has 0 atom stereocenters. The first-order valence-electron chi connectivity index (χ1n) is 6.79. The molecule has 0 saturated carbocycles. The molecule has 112 valence electrons. The summed E-state index contributed by atoms with van der Waals surface area (Å²) in [5.41, 5.74) is 2.02. The smallest absolute Gasteiger partial charge is 0.230 e. The van der Waals surface area contributed by atoms with E-state index in [1.807, 2.05) is 38.1 Å². The molecule has 1 aromatic carbocycles. The first-order valence-corrected chi connectivity index (χ1v) is 7.78. The number of benzene rings is 1. The highest BCUT2D eigenvalue weighted by Gasteiger charge is 2.14. The van der Waals surface area contributed by atoms with Crippen LogP contribution in [0.5, 0.6) is 0 Å². The molecule has 0 unspecified atom stereocenters. The highest BCUT2D eigenvalue weighted by molar-refractivity contribution is 7.99. The zero-order valence-corrected chi connectivity index (χ0v) is 13.0. The molecule has 21 heavy (non-hydrogen) atoms. The maximum Gasteiger partial charge on any atom is 0.230 e. The van der Waals surface area contributed by atoms with Gasteiger partial charge in [0.05, 0.1) is 5.75 Å². The van der Waals surface area contributed by atoms with E-state index in [0.717, 1.165) is 17.5 Å². The van der Waals surface area contributed by atoms with Crippen molar-refractivity contribution in [3.63, 3.8) is 0 Å². The number of thioether (sulfide) groups is 1. The predicted octanol–water partition coefficient (Wildman–Crippen LogP) is 1.59. The van der Waals surface area contributed by atoms with Crippen LogP contribution < -0.4 is 11.2 Å². The summed E-state index contributed by atoms with van der Waals surface area (Å²) < 4.78 is 1.43. The van der Waals surface area contributed by atoms with Crippen molar-refractivity contribution in [1.29, 1.82) is 0 Å². The number of rotatable bonds is 6. The van der Waals surface area contributed by atoms with Gasteiger partial charge in [-0.2, -0.15) is 0 Å². The van der Waals surface area contributed by atoms with Crippen LogP contribution in [0.15, 0.2) is 29.4 Å². The molecule has 3 N–H and O–H groups in total. The Balaban J connectivity index is 2.07. The third-order valence-corrected chi connectivity index (χ3v) is 3.90. The SMILES string of the molecule is CCCNC(=O)CSc1nnc(-c2ccccc2C)n1N. The molecular weight excluding hydrogens is 286 g/mol. The van der Waals surface area contributed by atoms with Crippen molar-refractivity contribution in [2.45, 2.75) is 25.4 Å². The summed E-state index contributed by atoms with van der Waals surface area (Å²) in [5.74, 6) is 6.89. The summed E-state index contributed by atoms with van der Waals surface area (Å²) in [6.45, 7) is 4.69. The summed E-state index contributed by atoms with van der Waals surface area (Å²) in [6, 6.07) is 7.84. The van der Waals surface area contributed by atoms with Gasteiger partial charge in [0.1, 0.15) is 0 Å². The van der Waals surface area contributed by atoms with Gasteiger partial charge < -0.3 is 11.2 Å². The molecule has 0 aliphatic rings. The number of nitrogens with two attached hydrogens (primary N) is 1. The molecule has 2 rings (SSSR count). The Kier molecular flexibility index (Phi) is 5.21. The van der Waals surface area contributed by atoms with E-state index < -0.39 is 0 Å². The largest absolute Gasteiger partial charge is 0.355 e. The zero-order valence-electron chi connectivity index (χ0n) is 12.2. The minimum atomic E-state index is -0.0257. The van der Waals surface area contributed by atoms with Crippen LogP contribution in [0.3, 0.4) is 0 Å². The molecule has 0 aliphatic carbocycles. The normalized spacial score (nSPS) is 10.6. The number of nitrogens with one attached hydrogen (secondary N) is 1. The molecule has 7 heteroatoms. The van der Waals surface area contributed by atoms with Crippen LogP contribution in [0.2, 0.25) is 0 Å². The molecule has 0 radical (unpaired) electrons. The van der Waals surface area contributed by atoms with Crippen LogP contribution in [0.1, 0.15) is 18.9 Å². The molecule has 0 saturated heterocycles. The Morgan fingerprint density at radius 3 is 2.86 bits per heavy atom. The molecule has 1 amide bonds. The Bertz CT molecular complexity index is 626. The van der Waals surface area contributed by atoms with Gasteiger partial charge in [-0.15, -0.1) is 10.2 Å². The van der Waals surface area contributed by atoms with Crippen molar-refractivity contribution in [3.8, 4) is 11.4 Å². The van der Waals surface area contributed by atoms with E-state index in [0.29, 0.717) is 17.5 Å². The molecule has 0 bridgehead atoms. The van der Waals surface area contributed by atoms with E-state index in [-0.39, 0.29) is 11.7 Å². The molecule has 0 spiro atoms. The van der Waals surface area contributed by atoms with Gasteiger partial charge in [-0.3, -0.25) is 4.79 Å². The number of amides is 1. The second kappa shape index (κ2) is 7.12. The van der Waals surface area contributed by atoms with Crippen molar-refractivity contribution in [2.24, 2.45) is 0 Å². The van der Waals surface area contributed by atoms with Crippen molar-refractivity contribution in [2.75, 3.05) is 18.1 Å². The average Bonchev–Trinajstić information content (AvgIpc) is 2.84. The minimum Gasteiger partial charge on any atom is -0.355 e. The molecule has 1 aromatic heterocycles. The van der Waals surface area contributed by atoms with Gasteiger partial charge in [0.25, 0.3) is 0 Å². The van der Waals surface area contributed by atoms with Crippen LogP contribution in [0.25, 0.3) is 11.4 Å². The van der Waals surface area contributed by atoms with Crippen molar-refractivity contribution < 1.29 is 4.79 Å². The second-order valence-corrected chi connectivity index (χ2v) is 5.57. The maximum atomic E-state index is 11.6. The molecule has 0 fully saturated rings. The van der Waals surface area contributed by atoms with E-state index in [4.69, 9.17) is 5.84 Å². The van der Waals surface area contributed by atoms with Gasteiger partial charge in [0.2, 0.25) is 11.1 Å². The van der Waals surface area contributed by atoms with E-state index in [9.17, 15) is 4.79 Å². The highest BCUT2D eigenvalue weighted by atomic mass is 32.2. The summed E-state index contributed by atoms with van der Waals surface area (Å²) in [5, 5.41) is 11.5. The number of aryl methyl sites for hydroxylation is 1. The molecular formula is C14H19N5OS. The number of nitrogens with zero attached hydrogens (tertiary/aromatic N) is 3. The second-order valence-electron chi connectivity index (χ2n) is 4.63. The average molecular weight is 305 g/mol. The fraction of sp³-hybridized carbons (Fsp3) is 0.357. The Morgan fingerprint density at radius 2 is 2.14 bits per heavy atom. The minimum absolute atomic E-state index is 0.0257. The van der Waals surface area contributed by atoms with Gasteiger partial charge in [-0.1, -0.05) is 43.0 Å². The maximum absolute atomic E-state index is 11.6. The van der Waals surface area contributed by atoms with Gasteiger partial charge in [-0.05, 0) is 18.9 Å². The molecule has 6 nitrogen and oxygen atoms in total. The van der Waals surface area contributed by atoms with Crippen LogP contribution in [0.4, 0.5) is 0 Å². The lowest BCUT2D eigenvalue weighted by Crippen LogP contribution is -2.26. The topological polar surface area (TPSA) is 85.8 Å². The Morgan fingerprint density at radius 1 is 1.38 bits per heavy atom. The number of hydrogen-bond donors (Lipinski definition) is 2. The number of nitrogen functional groups attached to an aromatic ring is 1. The van der Waals surface area contributed by atoms with Crippen LogP contribution in [-0.2, 0) is 4.79 Å². The molecule has 0 aliphatic heterocycles. The van der Waals surface area contributed by atoms with Gasteiger partial charge in [0, 0.05) is 12.1 Å². The number of hydrogen-bond acceptors (Lipinski definition) is 5. The van der Waals surface area contributed by atoms with E-state index in [1.165, 1.54) is 16.4 Å². The van der Waals surface area contributed by atoms with Crippen molar-refractivity contribution >= 4 is 17.7 Å². The van der Waals surface area contributed by atoms with Gasteiger partial charge in [0.15, 0.2) is 5.82 Å². The number of aromatic nitrogens is 3. The number of carbonyl (C=O) groups is 1. The Labute approximate surface area is 128 Å². The summed E-state index contributed by atoms with van der Waals surface area (Å²) >= 11 is 1.28. The van der Waals surface area contributed by atoms with Crippen molar-refractivity contribution in [3.05, 3.63) is 29.8 Å². The van der Waals surface area contributed by atoms with Crippen LogP contribution >= 0.6 is 11.8 Å². The van der Waals surface area contributed by atoms with E-state index in [1.54, 1.807) is 0 Å². The third kappa shape index (κ3) is 3.75. The van der Waals surface area contributed by atoms with Crippen molar-refractivity contribution in [1.82, 2.24) is 20.2 Å². The van der Waals surface area contributed by atoms with E-state index >= 15 is 0 Å². The first-order chi connectivity index (χ1) is 10.1. The lowest BCUT2D eigenvalue weighted by molar-refractivity contribution is -0.118. The number of carbonyl (C=O) groups excluding carboxylic acids is 1. The van der Waals surface area contributed by atoms with E-state index in [2.05, 4.69) is 15.5 Å². The monoisotopic (exact) mass is 305 g/mol. The fourth-order valence-corrected chi connectivity index (χ4v) is 2.51. The predicted molar refractivity (Wildman–Crippen MR) is 84.4 cm³/mol. The van der Waals surface area contributed by atoms with Crippen LogP contribution in [0, 0.1) is 6.92 Å². The molecule has 2 aromatic rings. The standard InChI is InChI=1S/C14H19N5OS/c1-3-8-16-12(20)9-21-14-18-17-13(19(14)15)11-7-5-4-6-10(11)2/h4-7H,3,8-9,15H2,1-2H3,(H,16,20). The lowest BCUT2D eigenvalue weighted by atomic mass is 10.1. The quantitative estimate of drug-likeness (QED) is 0.625. The lowest BCUT2D eigenvalue weighted by Gasteiger charge is -2.06. The summed E-state index contributed by atoms with van der Waals surface area (Å²) in [6.07, 6.45) is 0.918. The zero-order chi connectivity index (χ0) is 15.2. The van der Waals surface area contributed by atoms with Crippen LogP contribution in [-0.4, -0.2) is 33.1 Å². The fourth-order valence-electron chi connectivity index (χ4n) is 1.83.